The van der Waals surface area contributed by atoms with E-state index < -0.39 is 0 Å². The highest BCUT2D eigenvalue weighted by Gasteiger charge is 2.19. The predicted molar refractivity (Wildman–Crippen MR) is 99.3 cm³/mol. The fourth-order valence-corrected chi connectivity index (χ4v) is 2.74. The highest BCUT2D eigenvalue weighted by molar-refractivity contribution is 6.03. The normalized spacial score (nSPS) is 11.7. The number of nitrogens with zero attached hydrogens (tertiary/aromatic N) is 2. The number of allylic oxidation sites excluding steroid dienone is 1. The lowest BCUT2D eigenvalue weighted by Gasteiger charge is -2.19. The maximum absolute atomic E-state index is 12.7. The predicted octanol–water partition coefficient (Wildman–Crippen LogP) is 5.22. The van der Waals surface area contributed by atoms with Crippen LogP contribution < -0.4 is 0 Å². The lowest BCUT2D eigenvalue weighted by atomic mass is 9.87. The van der Waals surface area contributed by atoms with Gasteiger partial charge in [0.1, 0.15) is 5.82 Å². The molecule has 0 saturated heterocycles. The van der Waals surface area contributed by atoms with Crippen molar-refractivity contribution in [1.29, 1.82) is 0 Å². The molecule has 0 bridgehead atoms. The summed E-state index contributed by atoms with van der Waals surface area (Å²) < 4.78 is 1.66. The molecule has 0 spiro atoms. The first kappa shape index (κ1) is 16.2. The molecule has 1 heterocycles. The number of aromatic nitrogens is 2. The van der Waals surface area contributed by atoms with Gasteiger partial charge in [-0.1, -0.05) is 63.7 Å². The largest absolute Gasteiger partial charge is 0.269 e. The van der Waals surface area contributed by atoms with Crippen LogP contribution in [0, 0.1) is 0 Å². The summed E-state index contributed by atoms with van der Waals surface area (Å²) in [7, 11) is 0. The molecule has 1 aromatic heterocycles. The minimum absolute atomic E-state index is 0.0895. The maximum atomic E-state index is 12.7. The Hall–Kier alpha value is -2.68. The average molecular weight is 318 g/mol. The van der Waals surface area contributed by atoms with Gasteiger partial charge in [-0.05, 0) is 30.0 Å². The fourth-order valence-electron chi connectivity index (χ4n) is 2.74. The minimum atomic E-state index is -0.126. The number of rotatable bonds is 2. The summed E-state index contributed by atoms with van der Waals surface area (Å²) >= 11 is 0. The number of hydrogen-bond donors (Lipinski definition) is 0. The third-order valence-electron chi connectivity index (χ3n) is 4.14. The zero-order chi connectivity index (χ0) is 17.5. The fraction of sp³-hybridized carbons (Fsp3) is 0.238. The van der Waals surface area contributed by atoms with Crippen LogP contribution in [0.15, 0.2) is 60.7 Å². The van der Waals surface area contributed by atoms with Gasteiger partial charge in [0.25, 0.3) is 5.91 Å². The Morgan fingerprint density at radius 3 is 2.25 bits per heavy atom. The molecule has 122 valence electrons. The van der Waals surface area contributed by atoms with Crippen molar-refractivity contribution in [2.24, 2.45) is 0 Å². The van der Waals surface area contributed by atoms with Gasteiger partial charge in [0.2, 0.25) is 0 Å². The number of hydrogen-bond acceptors (Lipinski definition) is 2. The molecule has 0 saturated carbocycles. The summed E-state index contributed by atoms with van der Waals surface area (Å²) in [5, 5.41) is 0. The van der Waals surface area contributed by atoms with Gasteiger partial charge in [0.05, 0.1) is 11.0 Å². The van der Waals surface area contributed by atoms with Crippen molar-refractivity contribution in [3.8, 4) is 11.4 Å². The van der Waals surface area contributed by atoms with Crippen molar-refractivity contribution >= 4 is 16.9 Å². The topological polar surface area (TPSA) is 34.9 Å². The van der Waals surface area contributed by atoms with Crippen molar-refractivity contribution in [2.45, 2.75) is 33.1 Å². The molecule has 0 aliphatic rings. The van der Waals surface area contributed by atoms with E-state index in [2.05, 4.69) is 44.5 Å². The molecular formula is C21H22N2O. The number of benzene rings is 2. The first-order chi connectivity index (χ1) is 11.3. The number of fused-ring (bicyclic) bond motifs is 1. The van der Waals surface area contributed by atoms with E-state index in [1.54, 1.807) is 11.5 Å². The number of imidazole rings is 1. The molecule has 0 atom stereocenters. The highest BCUT2D eigenvalue weighted by atomic mass is 16.2. The Kier molecular flexibility index (Phi) is 3.88. The molecule has 0 radical (unpaired) electrons. The molecule has 24 heavy (non-hydrogen) atoms. The summed E-state index contributed by atoms with van der Waals surface area (Å²) in [5.74, 6) is 0.531. The van der Waals surface area contributed by atoms with Crippen molar-refractivity contribution in [3.05, 3.63) is 66.2 Å². The Morgan fingerprint density at radius 2 is 1.67 bits per heavy atom. The van der Waals surface area contributed by atoms with Gasteiger partial charge in [-0.15, -0.1) is 0 Å². The second kappa shape index (κ2) is 5.75. The van der Waals surface area contributed by atoms with Gasteiger partial charge in [0.15, 0.2) is 0 Å². The second-order valence-corrected chi connectivity index (χ2v) is 7.17. The molecule has 3 nitrogen and oxygen atoms in total. The van der Waals surface area contributed by atoms with Crippen LogP contribution in [0.25, 0.3) is 22.4 Å². The van der Waals surface area contributed by atoms with Crippen molar-refractivity contribution in [2.75, 3.05) is 0 Å². The van der Waals surface area contributed by atoms with Crippen LogP contribution in [0.5, 0.6) is 0 Å². The van der Waals surface area contributed by atoms with Crippen molar-refractivity contribution in [1.82, 2.24) is 9.55 Å². The molecule has 3 rings (SSSR count). The molecule has 0 N–H and O–H groups in total. The summed E-state index contributed by atoms with van der Waals surface area (Å²) in [6, 6.07) is 15.9. The smallest absolute Gasteiger partial charge is 0.259 e. The van der Waals surface area contributed by atoms with Crippen LogP contribution in [0.2, 0.25) is 0 Å². The molecule has 3 aromatic rings. The van der Waals surface area contributed by atoms with Crippen molar-refractivity contribution in [3.63, 3.8) is 0 Å². The van der Waals surface area contributed by atoms with E-state index >= 15 is 0 Å². The zero-order valence-corrected chi connectivity index (χ0v) is 14.6. The van der Waals surface area contributed by atoms with Gasteiger partial charge in [-0.3, -0.25) is 9.36 Å². The number of carbonyl (C=O) groups excluding carboxylic acids is 1. The lowest BCUT2D eigenvalue weighted by Crippen LogP contribution is -2.13. The first-order valence-corrected chi connectivity index (χ1v) is 8.07. The van der Waals surface area contributed by atoms with Crippen LogP contribution in [0.3, 0.4) is 0 Å². The summed E-state index contributed by atoms with van der Waals surface area (Å²) in [6.45, 7) is 12.1. The Labute approximate surface area is 142 Å². The molecule has 0 aliphatic heterocycles. The van der Waals surface area contributed by atoms with Gasteiger partial charge >= 0.3 is 0 Å². The summed E-state index contributed by atoms with van der Waals surface area (Å²) in [5.41, 5.74) is 4.37. The van der Waals surface area contributed by atoms with Crippen molar-refractivity contribution < 1.29 is 4.79 Å². The van der Waals surface area contributed by atoms with Gasteiger partial charge < -0.3 is 0 Å². The third-order valence-corrected chi connectivity index (χ3v) is 4.14. The zero-order valence-electron chi connectivity index (χ0n) is 14.6. The standard InChI is InChI=1S/C21H22N2O/c1-14(2)20(24)23-18-9-7-6-8-17(18)22-19(23)15-10-12-16(13-11-15)21(3,4)5/h6-13H,1H2,2-5H3. The average Bonchev–Trinajstić information content (AvgIpc) is 2.92. The van der Waals surface area contributed by atoms with E-state index in [0.29, 0.717) is 11.4 Å². The van der Waals surface area contributed by atoms with E-state index in [9.17, 15) is 4.79 Å². The summed E-state index contributed by atoms with van der Waals surface area (Å²) in [6.07, 6.45) is 0. The van der Waals surface area contributed by atoms with Crippen LogP contribution in [-0.4, -0.2) is 15.5 Å². The van der Waals surface area contributed by atoms with Gasteiger partial charge in [-0.25, -0.2) is 4.98 Å². The monoisotopic (exact) mass is 318 g/mol. The van der Waals surface area contributed by atoms with E-state index in [4.69, 9.17) is 0 Å². The van der Waals surface area contributed by atoms with E-state index in [-0.39, 0.29) is 11.3 Å². The molecule has 0 unspecified atom stereocenters. The Bertz CT molecular complexity index is 925. The minimum Gasteiger partial charge on any atom is -0.269 e. The molecule has 3 heteroatoms. The Morgan fingerprint density at radius 1 is 1.04 bits per heavy atom. The first-order valence-electron chi connectivity index (χ1n) is 8.07. The van der Waals surface area contributed by atoms with E-state index in [1.165, 1.54) is 5.56 Å². The van der Waals surface area contributed by atoms with Gasteiger partial charge in [0, 0.05) is 11.1 Å². The number of para-hydroxylation sites is 2. The highest BCUT2D eigenvalue weighted by Crippen LogP contribution is 2.28. The maximum Gasteiger partial charge on any atom is 0.259 e. The number of carbonyl (C=O) groups is 1. The molecule has 0 aliphatic carbocycles. The molecule has 0 amide bonds. The van der Waals surface area contributed by atoms with Gasteiger partial charge in [-0.2, -0.15) is 0 Å². The second-order valence-electron chi connectivity index (χ2n) is 7.17. The van der Waals surface area contributed by atoms with Crippen LogP contribution >= 0.6 is 0 Å². The molecule has 2 aromatic carbocycles. The van der Waals surface area contributed by atoms with E-state index in [1.807, 2.05) is 36.4 Å². The Balaban J connectivity index is 2.20. The molecular weight excluding hydrogens is 296 g/mol. The van der Waals surface area contributed by atoms with Crippen LogP contribution in [0.1, 0.15) is 38.1 Å². The summed E-state index contributed by atoms with van der Waals surface area (Å²) in [4.78, 5) is 17.3. The quantitative estimate of drug-likeness (QED) is 0.607. The third kappa shape index (κ3) is 2.78. The SMILES string of the molecule is C=C(C)C(=O)n1c(-c2ccc(C(C)(C)C)cc2)nc2ccccc21. The van der Waals surface area contributed by atoms with Crippen LogP contribution in [-0.2, 0) is 5.41 Å². The van der Waals surface area contributed by atoms with E-state index in [0.717, 1.165) is 16.6 Å². The lowest BCUT2D eigenvalue weighted by molar-refractivity contribution is 0.0962. The molecule has 0 fully saturated rings. The van der Waals surface area contributed by atoms with Crippen LogP contribution in [0.4, 0.5) is 0 Å².